The van der Waals surface area contributed by atoms with Crippen molar-refractivity contribution >= 4 is 11.8 Å². The summed E-state index contributed by atoms with van der Waals surface area (Å²) in [6.07, 6.45) is 0.796. The minimum Gasteiger partial charge on any atom is -0.370 e. The summed E-state index contributed by atoms with van der Waals surface area (Å²) >= 11 is 0. The number of carbonyl (C=O) groups is 2. The number of likely N-dealkylation sites (tertiary alicyclic amines) is 1. The molecule has 0 bridgehead atoms. The van der Waals surface area contributed by atoms with Crippen molar-refractivity contribution in [1.29, 1.82) is 0 Å². The Morgan fingerprint density at radius 1 is 1.38 bits per heavy atom. The normalized spacial score (nSPS) is 15.8. The van der Waals surface area contributed by atoms with Gasteiger partial charge < -0.3 is 4.74 Å². The van der Waals surface area contributed by atoms with Gasteiger partial charge in [0.05, 0.1) is 6.73 Å². The monoisotopic (exact) mass is 188 g/mol. The third kappa shape index (κ3) is 4.59. The molecule has 1 aliphatic heterocycles. The molecule has 0 aromatic heterocycles. The van der Waals surface area contributed by atoms with Gasteiger partial charge in [0.2, 0.25) is 11.8 Å². The topological polar surface area (TPSA) is 58.6 Å². The zero-order valence-electron chi connectivity index (χ0n) is 8.29. The largest absolute Gasteiger partial charge is 0.370 e. The number of amides is 2. The number of nitrogens with zero attached hydrogens (tertiary/aromatic N) is 1. The van der Waals surface area contributed by atoms with Crippen LogP contribution in [-0.4, -0.2) is 44.7 Å². The maximum atomic E-state index is 10.5. The third-order valence-electron chi connectivity index (χ3n) is 1.59. The second-order valence-corrected chi connectivity index (χ2v) is 2.63. The molecule has 5 heteroatoms. The lowest BCUT2D eigenvalue weighted by molar-refractivity contribution is -0.136. The minimum absolute atomic E-state index is 0.0602. The Kier molecular flexibility index (Phi) is 6.09. The van der Waals surface area contributed by atoms with Gasteiger partial charge >= 0.3 is 0 Å². The summed E-state index contributed by atoms with van der Waals surface area (Å²) in [7, 11) is 5.00. The van der Waals surface area contributed by atoms with E-state index in [9.17, 15) is 9.59 Å². The number of hydrogen-bond donors (Lipinski definition) is 1. The summed E-state index contributed by atoms with van der Waals surface area (Å²) in [4.78, 5) is 22.1. The van der Waals surface area contributed by atoms with E-state index in [1.807, 2.05) is 7.05 Å². The maximum Gasteiger partial charge on any atom is 0.229 e. The first-order valence-corrected chi connectivity index (χ1v) is 4.06. The first-order valence-electron chi connectivity index (χ1n) is 4.06. The van der Waals surface area contributed by atoms with Gasteiger partial charge in [-0.25, -0.2) is 0 Å². The summed E-state index contributed by atoms with van der Waals surface area (Å²) in [5.41, 5.74) is 0. The number of methoxy groups -OCH3 is 1. The molecular weight excluding hydrogens is 172 g/mol. The highest BCUT2D eigenvalue weighted by molar-refractivity contribution is 6.01. The van der Waals surface area contributed by atoms with E-state index >= 15 is 0 Å². The summed E-state index contributed by atoms with van der Waals surface area (Å²) < 4.78 is 4.58. The molecular formula is C8H16N2O3. The SMILES string of the molecule is CN1C(=O)CCC1=O.CNCOC. The fourth-order valence-corrected chi connectivity index (χ4v) is 0.833. The number of rotatable bonds is 2. The fourth-order valence-electron chi connectivity index (χ4n) is 0.833. The zero-order chi connectivity index (χ0) is 10.3. The predicted octanol–water partition coefficient (Wildman–Crippen LogP) is -0.425. The van der Waals surface area contributed by atoms with Gasteiger partial charge in [0.15, 0.2) is 0 Å². The lowest BCUT2D eigenvalue weighted by Crippen LogP contribution is -2.23. The number of imide groups is 1. The van der Waals surface area contributed by atoms with E-state index in [1.54, 1.807) is 7.11 Å². The number of carbonyl (C=O) groups excluding carboxylic acids is 2. The van der Waals surface area contributed by atoms with Crippen molar-refractivity contribution in [2.45, 2.75) is 12.8 Å². The summed E-state index contributed by atoms with van der Waals surface area (Å²) in [6.45, 7) is 0.639. The van der Waals surface area contributed by atoms with Crippen LogP contribution in [0.5, 0.6) is 0 Å². The zero-order valence-corrected chi connectivity index (χ0v) is 8.29. The van der Waals surface area contributed by atoms with Crippen molar-refractivity contribution in [1.82, 2.24) is 10.2 Å². The van der Waals surface area contributed by atoms with E-state index in [1.165, 1.54) is 11.9 Å². The van der Waals surface area contributed by atoms with E-state index in [0.29, 0.717) is 19.6 Å². The Bertz CT molecular complexity index is 164. The van der Waals surface area contributed by atoms with Crippen molar-refractivity contribution in [2.75, 3.05) is 27.9 Å². The van der Waals surface area contributed by atoms with E-state index < -0.39 is 0 Å². The molecule has 0 saturated carbocycles. The molecule has 1 heterocycles. The van der Waals surface area contributed by atoms with Gasteiger partial charge in [-0.05, 0) is 7.05 Å². The molecule has 0 atom stereocenters. The molecule has 1 rings (SSSR count). The van der Waals surface area contributed by atoms with Crippen LogP contribution in [0.25, 0.3) is 0 Å². The van der Waals surface area contributed by atoms with Crippen LogP contribution in [0.1, 0.15) is 12.8 Å². The molecule has 0 unspecified atom stereocenters. The predicted molar refractivity (Wildman–Crippen MR) is 47.9 cm³/mol. The van der Waals surface area contributed by atoms with Crippen LogP contribution in [0.15, 0.2) is 0 Å². The molecule has 2 amide bonds. The molecule has 1 N–H and O–H groups in total. The average Bonchev–Trinajstić information content (AvgIpc) is 2.39. The van der Waals surface area contributed by atoms with Crippen molar-refractivity contribution < 1.29 is 14.3 Å². The molecule has 1 aliphatic rings. The van der Waals surface area contributed by atoms with Gasteiger partial charge in [0.25, 0.3) is 0 Å². The summed E-state index contributed by atoms with van der Waals surface area (Å²) in [5.74, 6) is -0.120. The smallest absolute Gasteiger partial charge is 0.229 e. The molecule has 76 valence electrons. The third-order valence-corrected chi connectivity index (χ3v) is 1.59. The molecule has 1 fully saturated rings. The quantitative estimate of drug-likeness (QED) is 0.472. The maximum absolute atomic E-state index is 10.5. The van der Waals surface area contributed by atoms with E-state index in [2.05, 4.69) is 10.1 Å². The molecule has 1 saturated heterocycles. The van der Waals surface area contributed by atoms with Crippen LogP contribution in [0.3, 0.4) is 0 Å². The molecule has 0 radical (unpaired) electrons. The standard InChI is InChI=1S/C5H7NO2.C3H9NO/c1-6-4(7)2-3-5(6)8;1-4-3-5-2/h2-3H2,1H3;4H,3H2,1-2H3. The van der Waals surface area contributed by atoms with Crippen molar-refractivity contribution in [2.24, 2.45) is 0 Å². The van der Waals surface area contributed by atoms with Crippen LogP contribution < -0.4 is 5.32 Å². The van der Waals surface area contributed by atoms with Gasteiger partial charge in [-0.15, -0.1) is 0 Å². The average molecular weight is 188 g/mol. The first-order chi connectivity index (χ1) is 6.13. The Morgan fingerprint density at radius 3 is 1.92 bits per heavy atom. The summed E-state index contributed by atoms with van der Waals surface area (Å²) in [5, 5.41) is 2.80. The fraction of sp³-hybridized carbons (Fsp3) is 0.750. The molecule has 0 aliphatic carbocycles. The van der Waals surface area contributed by atoms with Gasteiger partial charge in [-0.1, -0.05) is 0 Å². The Balaban J connectivity index is 0.000000252. The van der Waals surface area contributed by atoms with Gasteiger partial charge in [0.1, 0.15) is 0 Å². The highest BCUT2D eigenvalue weighted by Crippen LogP contribution is 2.07. The summed E-state index contributed by atoms with van der Waals surface area (Å²) in [6, 6.07) is 0. The Labute approximate surface area is 78.0 Å². The highest BCUT2D eigenvalue weighted by atomic mass is 16.5. The van der Waals surface area contributed by atoms with Crippen molar-refractivity contribution in [3.63, 3.8) is 0 Å². The lowest BCUT2D eigenvalue weighted by Gasteiger charge is -2.01. The van der Waals surface area contributed by atoms with Gasteiger partial charge in [0, 0.05) is 27.0 Å². The Morgan fingerprint density at radius 2 is 1.85 bits per heavy atom. The molecule has 0 aromatic rings. The van der Waals surface area contributed by atoms with Crippen LogP contribution in [0, 0.1) is 0 Å². The molecule has 5 nitrogen and oxygen atoms in total. The van der Waals surface area contributed by atoms with Crippen LogP contribution in [0.2, 0.25) is 0 Å². The molecule has 0 aromatic carbocycles. The molecule has 13 heavy (non-hydrogen) atoms. The second kappa shape index (κ2) is 6.56. The highest BCUT2D eigenvalue weighted by Gasteiger charge is 2.24. The molecule has 0 spiro atoms. The number of ether oxygens (including phenoxy) is 1. The number of hydrogen-bond acceptors (Lipinski definition) is 4. The van der Waals surface area contributed by atoms with Crippen molar-refractivity contribution in [3.8, 4) is 0 Å². The first kappa shape index (κ1) is 12.1. The number of nitrogens with one attached hydrogen (secondary N) is 1. The van der Waals surface area contributed by atoms with Crippen LogP contribution >= 0.6 is 0 Å². The van der Waals surface area contributed by atoms with Crippen LogP contribution in [0.4, 0.5) is 0 Å². The minimum atomic E-state index is -0.0602. The Hall–Kier alpha value is -0.940. The van der Waals surface area contributed by atoms with Crippen LogP contribution in [-0.2, 0) is 14.3 Å². The van der Waals surface area contributed by atoms with E-state index in [4.69, 9.17) is 0 Å². The van der Waals surface area contributed by atoms with E-state index in [-0.39, 0.29) is 11.8 Å². The van der Waals surface area contributed by atoms with Crippen molar-refractivity contribution in [3.05, 3.63) is 0 Å². The van der Waals surface area contributed by atoms with Gasteiger partial charge in [-0.2, -0.15) is 0 Å². The van der Waals surface area contributed by atoms with Gasteiger partial charge in [-0.3, -0.25) is 19.8 Å². The lowest BCUT2D eigenvalue weighted by atomic mass is 10.4. The second-order valence-electron chi connectivity index (χ2n) is 2.63. The van der Waals surface area contributed by atoms with E-state index in [0.717, 1.165) is 0 Å².